The molecule has 5 unspecified atom stereocenters. The van der Waals surface area contributed by atoms with E-state index in [0.29, 0.717) is 12.8 Å². The quantitative estimate of drug-likeness (QED) is 0.724. The highest BCUT2D eigenvalue weighted by Gasteiger charge is 2.46. The van der Waals surface area contributed by atoms with Crippen LogP contribution >= 0.6 is 0 Å². The number of amides is 1. The number of aliphatic carboxylic acids is 1. The fourth-order valence-electron chi connectivity index (χ4n) is 3.23. The van der Waals surface area contributed by atoms with Crippen LogP contribution in [0.4, 0.5) is 0 Å². The van der Waals surface area contributed by atoms with E-state index in [-0.39, 0.29) is 35.1 Å². The molecule has 0 aliphatic heterocycles. The van der Waals surface area contributed by atoms with E-state index in [0.717, 1.165) is 6.42 Å². The second-order valence-corrected chi connectivity index (χ2v) is 7.10. The molecule has 1 amide bonds. The zero-order valence-corrected chi connectivity index (χ0v) is 13.8. The molecule has 1 fully saturated rings. The van der Waals surface area contributed by atoms with E-state index in [1.54, 1.807) is 0 Å². The average Bonchev–Trinajstić information content (AvgIpc) is 2.41. The monoisotopic (exact) mass is 298 g/mol. The van der Waals surface area contributed by atoms with Crippen molar-refractivity contribution in [1.29, 1.82) is 0 Å². The Kier molecular flexibility index (Phi) is 5.79. The van der Waals surface area contributed by atoms with Gasteiger partial charge in [-0.05, 0) is 30.1 Å². The van der Waals surface area contributed by atoms with Crippen molar-refractivity contribution in [2.45, 2.75) is 66.0 Å². The third-order valence-electron chi connectivity index (χ3n) is 5.63. The largest absolute Gasteiger partial charge is 0.481 e. The molecule has 1 aliphatic carbocycles. The van der Waals surface area contributed by atoms with Gasteiger partial charge in [0.2, 0.25) is 5.91 Å². The number of hydrogen-bond donors (Lipinski definition) is 3. The smallest absolute Gasteiger partial charge is 0.307 e. The highest BCUT2D eigenvalue weighted by molar-refractivity contribution is 5.82. The van der Waals surface area contributed by atoms with Crippen LogP contribution < -0.4 is 11.1 Å². The van der Waals surface area contributed by atoms with Crippen molar-refractivity contribution < 1.29 is 14.7 Å². The summed E-state index contributed by atoms with van der Waals surface area (Å²) < 4.78 is 0. The predicted molar refractivity (Wildman–Crippen MR) is 82.7 cm³/mol. The van der Waals surface area contributed by atoms with Crippen molar-refractivity contribution in [3.8, 4) is 0 Å². The molecule has 0 saturated heterocycles. The Morgan fingerprint density at radius 1 is 1.38 bits per heavy atom. The Balaban J connectivity index is 2.74. The van der Waals surface area contributed by atoms with Gasteiger partial charge in [-0.3, -0.25) is 9.59 Å². The molecule has 21 heavy (non-hydrogen) atoms. The van der Waals surface area contributed by atoms with Crippen molar-refractivity contribution in [2.75, 3.05) is 0 Å². The molecule has 122 valence electrons. The summed E-state index contributed by atoms with van der Waals surface area (Å²) in [6.07, 6.45) is 2.15. The second-order valence-electron chi connectivity index (χ2n) is 7.10. The van der Waals surface area contributed by atoms with Crippen LogP contribution in [0.3, 0.4) is 0 Å². The summed E-state index contributed by atoms with van der Waals surface area (Å²) in [6.45, 7) is 9.96. The van der Waals surface area contributed by atoms with Crippen LogP contribution in [0.5, 0.6) is 0 Å². The third kappa shape index (κ3) is 3.76. The molecule has 5 heteroatoms. The van der Waals surface area contributed by atoms with E-state index >= 15 is 0 Å². The first-order valence-corrected chi connectivity index (χ1v) is 7.91. The van der Waals surface area contributed by atoms with Gasteiger partial charge in [0.1, 0.15) is 0 Å². The molecular formula is C16H30N2O3. The van der Waals surface area contributed by atoms with Gasteiger partial charge in [0.15, 0.2) is 0 Å². The molecule has 1 saturated carbocycles. The van der Waals surface area contributed by atoms with E-state index in [4.69, 9.17) is 5.73 Å². The van der Waals surface area contributed by atoms with Crippen molar-refractivity contribution in [1.82, 2.24) is 5.32 Å². The van der Waals surface area contributed by atoms with E-state index in [2.05, 4.69) is 5.32 Å². The average molecular weight is 298 g/mol. The summed E-state index contributed by atoms with van der Waals surface area (Å²) in [6, 6.07) is -0.499. The highest BCUT2D eigenvalue weighted by Crippen LogP contribution is 2.45. The van der Waals surface area contributed by atoms with Gasteiger partial charge in [-0.2, -0.15) is 0 Å². The fraction of sp³-hybridized carbons (Fsp3) is 0.875. The first kappa shape index (κ1) is 18.0. The first-order valence-electron chi connectivity index (χ1n) is 7.91. The second kappa shape index (κ2) is 6.77. The van der Waals surface area contributed by atoms with E-state index in [1.165, 1.54) is 0 Å². The maximum atomic E-state index is 12.2. The lowest BCUT2D eigenvalue weighted by Crippen LogP contribution is -2.56. The molecule has 0 aromatic rings. The minimum atomic E-state index is -0.743. The minimum Gasteiger partial charge on any atom is -0.481 e. The van der Waals surface area contributed by atoms with Gasteiger partial charge in [0.25, 0.3) is 0 Å². The highest BCUT2D eigenvalue weighted by atomic mass is 16.4. The van der Waals surface area contributed by atoms with Crippen molar-refractivity contribution >= 4 is 11.9 Å². The normalized spacial score (nSPS) is 31.2. The van der Waals surface area contributed by atoms with Crippen LogP contribution in [-0.4, -0.2) is 29.1 Å². The molecule has 0 radical (unpaired) electrons. The molecule has 5 atom stereocenters. The maximum Gasteiger partial charge on any atom is 0.307 e. The van der Waals surface area contributed by atoms with Crippen molar-refractivity contribution in [2.24, 2.45) is 28.9 Å². The summed E-state index contributed by atoms with van der Waals surface area (Å²) >= 11 is 0. The Labute approximate surface area is 127 Å². The lowest BCUT2D eigenvalue weighted by Gasteiger charge is -2.46. The lowest BCUT2D eigenvalue weighted by atomic mass is 9.61. The van der Waals surface area contributed by atoms with Gasteiger partial charge in [-0.15, -0.1) is 0 Å². The van der Waals surface area contributed by atoms with Gasteiger partial charge in [0.05, 0.1) is 12.0 Å². The van der Waals surface area contributed by atoms with Gasteiger partial charge in [-0.1, -0.05) is 41.0 Å². The molecule has 5 nitrogen and oxygen atoms in total. The molecule has 0 heterocycles. The van der Waals surface area contributed by atoms with Crippen LogP contribution in [0.15, 0.2) is 0 Å². The van der Waals surface area contributed by atoms with Gasteiger partial charge < -0.3 is 16.2 Å². The van der Waals surface area contributed by atoms with Gasteiger partial charge in [0, 0.05) is 6.04 Å². The SMILES string of the molecule is CCC(C)C(N)C(=O)NC1CCC(C(=O)O)C(C)(C)C1C. The van der Waals surface area contributed by atoms with Crippen LogP contribution in [0.25, 0.3) is 0 Å². The van der Waals surface area contributed by atoms with E-state index in [1.807, 2.05) is 34.6 Å². The van der Waals surface area contributed by atoms with E-state index < -0.39 is 12.0 Å². The third-order valence-corrected chi connectivity index (χ3v) is 5.63. The van der Waals surface area contributed by atoms with Crippen LogP contribution in [-0.2, 0) is 9.59 Å². The Morgan fingerprint density at radius 3 is 2.43 bits per heavy atom. The molecule has 0 spiro atoms. The number of nitrogens with two attached hydrogens (primary N) is 1. The number of carboxylic acid groups (broad SMARTS) is 1. The van der Waals surface area contributed by atoms with Crippen molar-refractivity contribution in [3.63, 3.8) is 0 Å². The van der Waals surface area contributed by atoms with Gasteiger partial charge in [-0.25, -0.2) is 0 Å². The number of carbonyl (C=O) groups excluding carboxylic acids is 1. The molecule has 1 aliphatic rings. The van der Waals surface area contributed by atoms with Crippen LogP contribution in [0.1, 0.15) is 53.9 Å². The summed E-state index contributed by atoms with van der Waals surface area (Å²) in [5.74, 6) is -0.980. The Hall–Kier alpha value is -1.10. The number of carboxylic acids is 1. The van der Waals surface area contributed by atoms with E-state index in [9.17, 15) is 14.7 Å². The van der Waals surface area contributed by atoms with Crippen LogP contribution in [0, 0.1) is 23.2 Å². The topological polar surface area (TPSA) is 92.4 Å². The Morgan fingerprint density at radius 2 is 1.95 bits per heavy atom. The summed E-state index contributed by atoms with van der Waals surface area (Å²) in [7, 11) is 0. The molecule has 4 N–H and O–H groups in total. The van der Waals surface area contributed by atoms with Crippen LogP contribution in [0.2, 0.25) is 0 Å². The number of rotatable bonds is 5. The molecule has 1 rings (SSSR count). The fourth-order valence-corrected chi connectivity index (χ4v) is 3.23. The molecule has 0 aromatic heterocycles. The summed E-state index contributed by atoms with van der Waals surface area (Å²) in [5.41, 5.74) is 5.63. The zero-order valence-electron chi connectivity index (χ0n) is 13.8. The molecule has 0 bridgehead atoms. The minimum absolute atomic E-state index is 0.00166. The standard InChI is InChI=1S/C16H30N2O3/c1-6-9(2)13(17)14(19)18-12-8-7-11(15(20)21)16(4,5)10(12)3/h9-13H,6-8,17H2,1-5H3,(H,18,19)(H,20,21). The lowest BCUT2D eigenvalue weighted by molar-refractivity contribution is -0.150. The number of hydrogen-bond acceptors (Lipinski definition) is 3. The maximum absolute atomic E-state index is 12.2. The summed E-state index contributed by atoms with van der Waals surface area (Å²) in [4.78, 5) is 23.6. The van der Waals surface area contributed by atoms with Crippen molar-refractivity contribution in [3.05, 3.63) is 0 Å². The molecule has 0 aromatic carbocycles. The first-order chi connectivity index (χ1) is 9.62. The Bertz CT molecular complexity index is 395. The number of nitrogens with one attached hydrogen (secondary N) is 1. The predicted octanol–water partition coefficient (Wildman–Crippen LogP) is 2.00. The summed E-state index contributed by atoms with van der Waals surface area (Å²) in [5, 5.41) is 12.4. The number of carbonyl (C=O) groups is 2. The zero-order chi connectivity index (χ0) is 16.4. The molecular weight excluding hydrogens is 268 g/mol. The van der Waals surface area contributed by atoms with Gasteiger partial charge >= 0.3 is 5.97 Å².